The van der Waals surface area contributed by atoms with E-state index < -0.39 is 11.8 Å². The fourth-order valence-electron chi connectivity index (χ4n) is 3.03. The highest BCUT2D eigenvalue weighted by Gasteiger charge is 2.36. The highest BCUT2D eigenvalue weighted by molar-refractivity contribution is 5.82. The summed E-state index contributed by atoms with van der Waals surface area (Å²) in [5, 5.41) is 0. The predicted octanol–water partition coefficient (Wildman–Crippen LogP) is 5.06. The van der Waals surface area contributed by atoms with Gasteiger partial charge >= 0.3 is 11.9 Å². The van der Waals surface area contributed by atoms with E-state index >= 15 is 0 Å². The molecule has 0 saturated heterocycles. The number of hydrogen-bond donors (Lipinski definition) is 0. The summed E-state index contributed by atoms with van der Waals surface area (Å²) in [5.74, 6) is -1.01. The molecule has 0 fully saturated rings. The number of ether oxygens (including phenoxy) is 2. The van der Waals surface area contributed by atoms with E-state index in [1.54, 1.807) is 0 Å². The normalized spacial score (nSPS) is 19.8. The maximum absolute atomic E-state index is 12.4. The Morgan fingerprint density at radius 2 is 1.40 bits per heavy atom. The molecule has 0 radical (unpaired) electrons. The summed E-state index contributed by atoms with van der Waals surface area (Å²) in [7, 11) is 0. The van der Waals surface area contributed by atoms with E-state index in [4.69, 9.17) is 9.47 Å². The maximum Gasteiger partial charge on any atom is 0.310 e. The lowest BCUT2D eigenvalue weighted by molar-refractivity contribution is -0.161. The standard InChI is InChI=1S/C21H36O4/c1-4-5-6-7-8-9-12-15-24-20(22)18-13-10-11-14-19(18)21(23)25-16-17(2)3/h10-11,17-19H,4-9,12-16H2,1-3H3. The van der Waals surface area contributed by atoms with Crippen LogP contribution in [0.3, 0.4) is 0 Å². The van der Waals surface area contributed by atoms with Gasteiger partial charge < -0.3 is 9.47 Å². The van der Waals surface area contributed by atoms with E-state index in [-0.39, 0.29) is 11.9 Å². The number of hydrogen-bond acceptors (Lipinski definition) is 4. The Morgan fingerprint density at radius 1 is 0.880 bits per heavy atom. The Morgan fingerprint density at radius 3 is 1.96 bits per heavy atom. The molecular formula is C21H36O4. The molecule has 0 N–H and O–H groups in total. The van der Waals surface area contributed by atoms with E-state index in [9.17, 15) is 9.59 Å². The number of carbonyl (C=O) groups is 2. The average molecular weight is 353 g/mol. The second-order valence-corrected chi connectivity index (χ2v) is 7.47. The molecule has 0 spiro atoms. The molecule has 0 heterocycles. The van der Waals surface area contributed by atoms with Gasteiger partial charge in [-0.25, -0.2) is 0 Å². The van der Waals surface area contributed by atoms with Gasteiger partial charge in [-0.05, 0) is 25.2 Å². The van der Waals surface area contributed by atoms with Gasteiger partial charge in [0.25, 0.3) is 0 Å². The maximum atomic E-state index is 12.4. The molecule has 0 aromatic rings. The van der Waals surface area contributed by atoms with Crippen LogP contribution in [-0.4, -0.2) is 25.2 Å². The van der Waals surface area contributed by atoms with Gasteiger partial charge in [0.1, 0.15) is 0 Å². The van der Waals surface area contributed by atoms with Crippen molar-refractivity contribution >= 4 is 11.9 Å². The van der Waals surface area contributed by atoms with Crippen molar-refractivity contribution < 1.29 is 19.1 Å². The number of allylic oxidation sites excluding steroid dienone is 2. The Balaban J connectivity index is 2.29. The van der Waals surface area contributed by atoms with E-state index in [2.05, 4.69) is 6.92 Å². The first kappa shape index (κ1) is 21.7. The lowest BCUT2D eigenvalue weighted by atomic mass is 9.83. The molecule has 0 aromatic heterocycles. The van der Waals surface area contributed by atoms with Crippen LogP contribution < -0.4 is 0 Å². The molecule has 1 aliphatic carbocycles. The van der Waals surface area contributed by atoms with Crippen LogP contribution in [0.15, 0.2) is 12.2 Å². The van der Waals surface area contributed by atoms with Gasteiger partial charge in [0.15, 0.2) is 0 Å². The zero-order valence-corrected chi connectivity index (χ0v) is 16.3. The summed E-state index contributed by atoms with van der Waals surface area (Å²) >= 11 is 0. The Kier molecular flexibility index (Phi) is 11.3. The summed E-state index contributed by atoms with van der Waals surface area (Å²) in [4.78, 5) is 24.6. The van der Waals surface area contributed by atoms with Gasteiger partial charge in [-0.15, -0.1) is 0 Å². The first-order valence-electron chi connectivity index (χ1n) is 10.0. The van der Waals surface area contributed by atoms with Crippen molar-refractivity contribution in [2.24, 2.45) is 17.8 Å². The second-order valence-electron chi connectivity index (χ2n) is 7.47. The van der Waals surface area contributed by atoms with E-state index in [0.29, 0.717) is 32.0 Å². The van der Waals surface area contributed by atoms with Crippen molar-refractivity contribution in [2.45, 2.75) is 78.6 Å². The molecule has 0 aromatic carbocycles. The van der Waals surface area contributed by atoms with Gasteiger partial charge in [-0.2, -0.15) is 0 Å². The monoisotopic (exact) mass is 352 g/mol. The molecule has 0 aliphatic heterocycles. The van der Waals surface area contributed by atoms with Crippen molar-refractivity contribution in [3.05, 3.63) is 12.2 Å². The zero-order chi connectivity index (χ0) is 18.5. The van der Waals surface area contributed by atoms with Crippen LogP contribution in [0.4, 0.5) is 0 Å². The smallest absolute Gasteiger partial charge is 0.310 e. The van der Waals surface area contributed by atoms with Crippen molar-refractivity contribution in [3.8, 4) is 0 Å². The lowest BCUT2D eigenvalue weighted by Gasteiger charge is -2.25. The molecule has 25 heavy (non-hydrogen) atoms. The SMILES string of the molecule is CCCCCCCCCOC(=O)C1CC=CCC1C(=O)OCC(C)C. The number of unbranched alkanes of at least 4 members (excludes halogenated alkanes) is 6. The largest absolute Gasteiger partial charge is 0.465 e. The van der Waals surface area contributed by atoms with E-state index in [0.717, 1.165) is 12.8 Å². The third-order valence-corrected chi connectivity index (χ3v) is 4.59. The zero-order valence-electron chi connectivity index (χ0n) is 16.3. The topological polar surface area (TPSA) is 52.6 Å². The Labute approximate surface area is 153 Å². The minimum absolute atomic E-state index is 0.248. The van der Waals surface area contributed by atoms with Crippen LogP contribution in [0.2, 0.25) is 0 Å². The van der Waals surface area contributed by atoms with Gasteiger partial charge in [-0.1, -0.05) is 71.4 Å². The number of esters is 2. The predicted molar refractivity (Wildman–Crippen MR) is 100 cm³/mol. The summed E-state index contributed by atoms with van der Waals surface area (Å²) < 4.78 is 10.8. The first-order chi connectivity index (χ1) is 12.1. The highest BCUT2D eigenvalue weighted by Crippen LogP contribution is 2.28. The third kappa shape index (κ3) is 9.08. The van der Waals surface area contributed by atoms with Crippen molar-refractivity contribution in [1.82, 2.24) is 0 Å². The van der Waals surface area contributed by atoms with Crippen molar-refractivity contribution in [1.29, 1.82) is 0 Å². The minimum atomic E-state index is -0.398. The van der Waals surface area contributed by atoms with E-state index in [1.807, 2.05) is 26.0 Å². The molecule has 0 amide bonds. The highest BCUT2D eigenvalue weighted by atomic mass is 16.5. The van der Waals surface area contributed by atoms with Crippen LogP contribution in [0.1, 0.15) is 78.6 Å². The summed E-state index contributed by atoms with van der Waals surface area (Å²) in [6.07, 6.45) is 13.4. The first-order valence-corrected chi connectivity index (χ1v) is 10.0. The van der Waals surface area contributed by atoms with Gasteiger partial charge in [0, 0.05) is 0 Å². The quantitative estimate of drug-likeness (QED) is 0.280. The minimum Gasteiger partial charge on any atom is -0.465 e. The summed E-state index contributed by atoms with van der Waals surface area (Å²) in [5.41, 5.74) is 0. The van der Waals surface area contributed by atoms with Gasteiger partial charge in [0.05, 0.1) is 25.0 Å². The molecule has 2 atom stereocenters. The van der Waals surface area contributed by atoms with Gasteiger partial charge in [-0.3, -0.25) is 9.59 Å². The number of carbonyl (C=O) groups excluding carboxylic acids is 2. The molecular weight excluding hydrogens is 316 g/mol. The molecule has 4 nitrogen and oxygen atoms in total. The molecule has 4 heteroatoms. The fraction of sp³-hybridized carbons (Fsp3) is 0.810. The van der Waals surface area contributed by atoms with E-state index in [1.165, 1.54) is 32.1 Å². The molecule has 0 bridgehead atoms. The second kappa shape index (κ2) is 13.0. The van der Waals surface area contributed by atoms with Gasteiger partial charge in [0.2, 0.25) is 0 Å². The number of rotatable bonds is 12. The third-order valence-electron chi connectivity index (χ3n) is 4.59. The Bertz CT molecular complexity index is 414. The molecule has 0 saturated carbocycles. The van der Waals surface area contributed by atoms with Crippen LogP contribution in [0, 0.1) is 17.8 Å². The fourth-order valence-corrected chi connectivity index (χ4v) is 3.03. The average Bonchev–Trinajstić information content (AvgIpc) is 2.61. The van der Waals surface area contributed by atoms with Crippen LogP contribution >= 0.6 is 0 Å². The van der Waals surface area contributed by atoms with Crippen molar-refractivity contribution in [2.75, 3.05) is 13.2 Å². The van der Waals surface area contributed by atoms with Crippen LogP contribution in [-0.2, 0) is 19.1 Å². The van der Waals surface area contributed by atoms with Crippen molar-refractivity contribution in [3.63, 3.8) is 0 Å². The molecule has 2 unspecified atom stereocenters. The Hall–Kier alpha value is -1.32. The van der Waals surface area contributed by atoms with Crippen LogP contribution in [0.25, 0.3) is 0 Å². The van der Waals surface area contributed by atoms with Crippen LogP contribution in [0.5, 0.6) is 0 Å². The molecule has 144 valence electrons. The summed E-state index contributed by atoms with van der Waals surface area (Å²) in [6.45, 7) is 7.08. The lowest BCUT2D eigenvalue weighted by Crippen LogP contribution is -2.34. The summed E-state index contributed by atoms with van der Waals surface area (Å²) in [6, 6.07) is 0. The molecule has 1 aliphatic rings. The molecule has 1 rings (SSSR count).